The molecule has 0 spiro atoms. The van der Waals surface area contributed by atoms with Gasteiger partial charge in [0.1, 0.15) is 0 Å². The average Bonchev–Trinajstić information content (AvgIpc) is 2.74. The van der Waals surface area contributed by atoms with Crippen molar-refractivity contribution in [2.45, 2.75) is 12.8 Å². The maximum Gasteiger partial charge on any atom is 0.331 e. The molecule has 0 atom stereocenters. The Morgan fingerprint density at radius 3 is 2.00 bits per heavy atom. The van der Waals surface area contributed by atoms with Crippen LogP contribution in [0, 0.1) is 0 Å². The topological polar surface area (TPSA) is 74.6 Å². The zero-order chi connectivity index (χ0) is 22.5. The Balaban J connectivity index is 0.000000303. The maximum absolute atomic E-state index is 10.7. The smallest absolute Gasteiger partial charge is 0.331 e. The van der Waals surface area contributed by atoms with Gasteiger partial charge in [-0.2, -0.15) is 0 Å². The van der Waals surface area contributed by atoms with Gasteiger partial charge in [-0.3, -0.25) is 0 Å². The molecule has 2 aromatic carbocycles. The summed E-state index contributed by atoms with van der Waals surface area (Å²) in [6, 6.07) is 15.4. The monoisotopic (exact) mass is 402 g/mol. The van der Waals surface area contributed by atoms with Crippen molar-refractivity contribution < 1.29 is 19.8 Å². The summed E-state index contributed by atoms with van der Waals surface area (Å²) in [6.07, 6.45) is 7.81. The van der Waals surface area contributed by atoms with Crippen LogP contribution >= 0.6 is 0 Å². The molecule has 0 unspecified atom stereocenters. The molecule has 4 nitrogen and oxygen atoms in total. The Morgan fingerprint density at radius 2 is 1.47 bits per heavy atom. The lowest BCUT2D eigenvalue weighted by atomic mass is 9.96. The van der Waals surface area contributed by atoms with Gasteiger partial charge in [0.05, 0.1) is 0 Å². The van der Waals surface area contributed by atoms with Crippen molar-refractivity contribution in [3.05, 3.63) is 114 Å². The largest absolute Gasteiger partial charge is 0.478 e. The Kier molecular flexibility index (Phi) is 10.1. The van der Waals surface area contributed by atoms with E-state index in [9.17, 15) is 9.59 Å². The van der Waals surface area contributed by atoms with Gasteiger partial charge in [-0.05, 0) is 28.7 Å². The molecule has 154 valence electrons. The predicted molar refractivity (Wildman–Crippen MR) is 124 cm³/mol. The molecule has 0 bridgehead atoms. The fraction of sp³-hybridized carbons (Fsp3) is 0.0769. The van der Waals surface area contributed by atoms with Crippen molar-refractivity contribution in [1.29, 1.82) is 0 Å². The van der Waals surface area contributed by atoms with E-state index in [1.807, 2.05) is 54.6 Å². The van der Waals surface area contributed by atoms with Gasteiger partial charge in [0, 0.05) is 17.6 Å². The molecule has 2 rings (SSSR count). The van der Waals surface area contributed by atoms with Gasteiger partial charge in [0.15, 0.2) is 0 Å². The second-order valence-electron chi connectivity index (χ2n) is 6.34. The lowest BCUT2D eigenvalue weighted by Crippen LogP contribution is -2.03. The normalized spacial score (nSPS) is 9.87. The van der Waals surface area contributed by atoms with Gasteiger partial charge in [-0.25, -0.2) is 9.59 Å². The summed E-state index contributed by atoms with van der Waals surface area (Å²) in [5, 5.41) is 17.3. The van der Waals surface area contributed by atoms with Crippen LogP contribution in [-0.4, -0.2) is 22.2 Å². The summed E-state index contributed by atoms with van der Waals surface area (Å²) < 4.78 is 0. The first kappa shape index (κ1) is 24.1. The molecule has 2 aromatic rings. The average molecular weight is 402 g/mol. The van der Waals surface area contributed by atoms with E-state index in [1.54, 1.807) is 18.2 Å². The van der Waals surface area contributed by atoms with Gasteiger partial charge in [0.25, 0.3) is 0 Å². The van der Waals surface area contributed by atoms with E-state index >= 15 is 0 Å². The van der Waals surface area contributed by atoms with Crippen molar-refractivity contribution in [1.82, 2.24) is 0 Å². The summed E-state index contributed by atoms with van der Waals surface area (Å²) in [4.78, 5) is 21.1. The van der Waals surface area contributed by atoms with E-state index in [0.717, 1.165) is 22.3 Å². The fourth-order valence-electron chi connectivity index (χ4n) is 2.51. The number of carboxylic acids is 2. The van der Waals surface area contributed by atoms with Gasteiger partial charge in [0.2, 0.25) is 0 Å². The van der Waals surface area contributed by atoms with Crippen LogP contribution in [0.1, 0.15) is 28.7 Å². The summed E-state index contributed by atoms with van der Waals surface area (Å²) in [5.41, 5.74) is 4.21. The van der Waals surface area contributed by atoms with Gasteiger partial charge < -0.3 is 10.2 Å². The number of benzene rings is 2. The minimum atomic E-state index is -0.973. The highest BCUT2D eigenvalue weighted by Gasteiger charge is 2.09. The molecule has 4 heteroatoms. The number of hydrogen-bond donors (Lipinski definition) is 2. The molecule has 2 N–H and O–H groups in total. The van der Waals surface area contributed by atoms with Crippen LogP contribution in [-0.2, 0) is 16.0 Å². The quantitative estimate of drug-likeness (QED) is 0.513. The number of carboxylic acid groups (broad SMARTS) is 2. The molecule has 0 fully saturated rings. The van der Waals surface area contributed by atoms with Crippen LogP contribution in [0.15, 0.2) is 92.1 Å². The number of carbonyl (C=O) groups is 2. The molecule has 0 aromatic heterocycles. The molecule has 30 heavy (non-hydrogen) atoms. The van der Waals surface area contributed by atoms with Crippen LogP contribution in [0.2, 0.25) is 0 Å². The lowest BCUT2D eigenvalue weighted by Gasteiger charge is -2.09. The fourth-order valence-corrected chi connectivity index (χ4v) is 2.51. The van der Waals surface area contributed by atoms with Crippen molar-refractivity contribution >= 4 is 30.2 Å². The van der Waals surface area contributed by atoms with E-state index in [1.165, 1.54) is 0 Å². The van der Waals surface area contributed by atoms with Crippen molar-refractivity contribution in [2.24, 2.45) is 0 Å². The van der Waals surface area contributed by atoms with Crippen LogP contribution in [0.3, 0.4) is 0 Å². The van der Waals surface area contributed by atoms with E-state index in [-0.39, 0.29) is 11.1 Å². The summed E-state index contributed by atoms with van der Waals surface area (Å²) in [6.45, 7) is 14.4. The standard InChI is InChI=1S/C14H14O2.C12H12O2/c1-4-11-7-6-8-12(13(11)5-2)9-10(3)14(15)16;1-10(12(13)14)6-5-9-11-7-3-2-4-8-11/h4-8H,1-3,9H2,(H,15,16);2-5,7-9H,1,6H2,(H,13,14). The molecule has 0 aliphatic carbocycles. The Bertz CT molecular complexity index is 966. The van der Waals surface area contributed by atoms with Crippen LogP contribution in [0.5, 0.6) is 0 Å². The second-order valence-corrected chi connectivity index (χ2v) is 6.34. The maximum atomic E-state index is 10.7. The molecule has 0 amide bonds. The SMILES string of the molecule is C=C(CC=Cc1ccccc1)C(=O)O.C=Cc1cccc(CC(=C)C(=O)O)c1C=C. The molecule has 0 heterocycles. The summed E-state index contributed by atoms with van der Waals surface area (Å²) in [7, 11) is 0. The van der Waals surface area contributed by atoms with Crippen molar-refractivity contribution in [3.63, 3.8) is 0 Å². The molecular formula is C26H26O4. The van der Waals surface area contributed by atoms with E-state index in [0.29, 0.717) is 12.8 Å². The highest BCUT2D eigenvalue weighted by atomic mass is 16.4. The van der Waals surface area contributed by atoms with E-state index < -0.39 is 11.9 Å². The third-order valence-electron chi connectivity index (χ3n) is 4.14. The van der Waals surface area contributed by atoms with Crippen molar-refractivity contribution in [3.8, 4) is 0 Å². The van der Waals surface area contributed by atoms with Crippen LogP contribution in [0.25, 0.3) is 18.2 Å². The first-order valence-corrected chi connectivity index (χ1v) is 9.20. The van der Waals surface area contributed by atoms with Gasteiger partial charge in [-0.1, -0.05) is 99.2 Å². The first-order chi connectivity index (χ1) is 14.3. The van der Waals surface area contributed by atoms with E-state index in [4.69, 9.17) is 10.2 Å². The Morgan fingerprint density at radius 1 is 0.833 bits per heavy atom. The van der Waals surface area contributed by atoms with Crippen LogP contribution < -0.4 is 0 Å². The highest BCUT2D eigenvalue weighted by Crippen LogP contribution is 2.20. The molecule has 0 saturated carbocycles. The van der Waals surface area contributed by atoms with Crippen LogP contribution in [0.4, 0.5) is 0 Å². The van der Waals surface area contributed by atoms with Crippen molar-refractivity contribution in [2.75, 3.05) is 0 Å². The lowest BCUT2D eigenvalue weighted by molar-refractivity contribution is -0.133. The summed E-state index contributed by atoms with van der Waals surface area (Å²) in [5.74, 6) is -1.92. The second kappa shape index (κ2) is 12.5. The predicted octanol–water partition coefficient (Wildman–Crippen LogP) is 5.89. The molecule has 0 saturated heterocycles. The first-order valence-electron chi connectivity index (χ1n) is 9.20. The van der Waals surface area contributed by atoms with Gasteiger partial charge >= 0.3 is 11.9 Å². The molecule has 0 aliphatic rings. The Labute approximate surface area is 177 Å². The minimum absolute atomic E-state index is 0.171. The van der Waals surface area contributed by atoms with E-state index in [2.05, 4.69) is 26.3 Å². The minimum Gasteiger partial charge on any atom is -0.478 e. The molecule has 0 aliphatic heterocycles. The Hall–Kier alpha value is -3.92. The number of hydrogen-bond acceptors (Lipinski definition) is 2. The number of aliphatic carboxylic acids is 2. The molecular weight excluding hydrogens is 376 g/mol. The summed E-state index contributed by atoms with van der Waals surface area (Å²) >= 11 is 0. The molecule has 0 radical (unpaired) electrons. The highest BCUT2D eigenvalue weighted by molar-refractivity contribution is 5.87. The number of rotatable bonds is 9. The zero-order valence-corrected chi connectivity index (χ0v) is 16.9. The zero-order valence-electron chi connectivity index (χ0n) is 16.9. The third-order valence-corrected chi connectivity index (χ3v) is 4.14. The van der Waals surface area contributed by atoms with Gasteiger partial charge in [-0.15, -0.1) is 0 Å². The number of allylic oxidation sites excluding steroid dienone is 1. The third kappa shape index (κ3) is 7.98.